The molecule has 2 aromatic carbocycles. The van der Waals surface area contributed by atoms with Gasteiger partial charge in [0.05, 0.1) is 35.5 Å². The molecule has 0 radical (unpaired) electrons. The number of esters is 1. The van der Waals surface area contributed by atoms with Crippen LogP contribution in [0.2, 0.25) is 0 Å². The lowest BCUT2D eigenvalue weighted by Crippen LogP contribution is -2.31. The SMILES string of the molecule is CCOc1ccccc1-c1nc(CC(=O)OC(C)C(=O)Nc2ccccc2C(F)(F)F)cs1. The van der Waals surface area contributed by atoms with Crippen molar-refractivity contribution in [2.75, 3.05) is 11.9 Å². The summed E-state index contributed by atoms with van der Waals surface area (Å²) >= 11 is 1.33. The molecule has 33 heavy (non-hydrogen) atoms. The Kier molecular flexibility index (Phi) is 7.70. The Bertz CT molecular complexity index is 1130. The Morgan fingerprint density at radius 2 is 1.82 bits per heavy atom. The second-order valence-corrected chi connectivity index (χ2v) is 7.77. The van der Waals surface area contributed by atoms with Gasteiger partial charge in [-0.3, -0.25) is 9.59 Å². The summed E-state index contributed by atoms with van der Waals surface area (Å²) in [7, 11) is 0. The Balaban J connectivity index is 1.61. The Labute approximate surface area is 192 Å². The van der Waals surface area contributed by atoms with E-state index >= 15 is 0 Å². The molecule has 0 aliphatic carbocycles. The number of hydrogen-bond acceptors (Lipinski definition) is 6. The highest BCUT2D eigenvalue weighted by atomic mass is 32.1. The lowest BCUT2D eigenvalue weighted by Gasteiger charge is -2.16. The van der Waals surface area contributed by atoms with Crippen LogP contribution < -0.4 is 10.1 Å². The fraction of sp³-hybridized carbons (Fsp3) is 0.261. The molecule has 0 aliphatic heterocycles. The molecule has 1 unspecified atom stereocenters. The second-order valence-electron chi connectivity index (χ2n) is 6.91. The van der Waals surface area contributed by atoms with E-state index in [1.54, 1.807) is 5.38 Å². The maximum Gasteiger partial charge on any atom is 0.418 e. The van der Waals surface area contributed by atoms with Crippen LogP contribution in [0.15, 0.2) is 53.9 Å². The van der Waals surface area contributed by atoms with E-state index < -0.39 is 35.4 Å². The van der Waals surface area contributed by atoms with Crippen LogP contribution in [0.1, 0.15) is 25.1 Å². The summed E-state index contributed by atoms with van der Waals surface area (Å²) in [6.07, 6.45) is -6.12. The molecule has 10 heteroatoms. The first-order chi connectivity index (χ1) is 15.7. The van der Waals surface area contributed by atoms with Gasteiger partial charge in [-0.25, -0.2) is 4.98 Å². The predicted octanol–water partition coefficient (Wildman–Crippen LogP) is 5.34. The third-order valence-electron chi connectivity index (χ3n) is 4.46. The number of hydrogen-bond donors (Lipinski definition) is 1. The molecular formula is C23H21F3N2O4S. The van der Waals surface area contributed by atoms with Gasteiger partial charge in [0.2, 0.25) is 0 Å². The molecule has 1 amide bonds. The quantitative estimate of drug-likeness (QED) is 0.442. The molecule has 0 spiro atoms. The largest absolute Gasteiger partial charge is 0.493 e. The zero-order valence-electron chi connectivity index (χ0n) is 17.8. The van der Waals surface area contributed by atoms with Crippen LogP contribution in [0.4, 0.5) is 18.9 Å². The molecule has 0 bridgehead atoms. The first-order valence-corrected chi connectivity index (χ1v) is 10.9. The summed E-state index contributed by atoms with van der Waals surface area (Å²) in [5.41, 5.74) is -0.157. The van der Waals surface area contributed by atoms with Gasteiger partial charge in [0.1, 0.15) is 10.8 Å². The van der Waals surface area contributed by atoms with Crippen molar-refractivity contribution in [3.8, 4) is 16.3 Å². The van der Waals surface area contributed by atoms with Gasteiger partial charge in [0.15, 0.2) is 6.10 Å². The summed E-state index contributed by atoms with van der Waals surface area (Å²) in [6.45, 7) is 3.66. The molecule has 0 saturated heterocycles. The smallest absolute Gasteiger partial charge is 0.418 e. The number of anilines is 1. The van der Waals surface area contributed by atoms with Gasteiger partial charge >= 0.3 is 12.1 Å². The zero-order valence-corrected chi connectivity index (χ0v) is 18.6. The van der Waals surface area contributed by atoms with Gasteiger partial charge in [0.25, 0.3) is 5.91 Å². The number of rotatable bonds is 8. The minimum atomic E-state index is -4.63. The lowest BCUT2D eigenvalue weighted by atomic mass is 10.1. The number of para-hydroxylation sites is 2. The summed E-state index contributed by atoms with van der Waals surface area (Å²) < 4.78 is 50.0. The predicted molar refractivity (Wildman–Crippen MR) is 118 cm³/mol. The van der Waals surface area contributed by atoms with E-state index in [1.165, 1.54) is 30.4 Å². The summed E-state index contributed by atoms with van der Waals surface area (Å²) in [5.74, 6) is -0.922. The van der Waals surface area contributed by atoms with E-state index in [0.717, 1.165) is 17.7 Å². The summed E-state index contributed by atoms with van der Waals surface area (Å²) in [4.78, 5) is 29.0. The maximum absolute atomic E-state index is 13.1. The number of benzene rings is 2. The Morgan fingerprint density at radius 3 is 2.55 bits per heavy atom. The van der Waals surface area contributed by atoms with Gasteiger partial charge in [-0.1, -0.05) is 24.3 Å². The van der Waals surface area contributed by atoms with Crippen LogP contribution in [-0.2, 0) is 26.9 Å². The number of amides is 1. The molecule has 3 rings (SSSR count). The molecule has 0 saturated carbocycles. The monoisotopic (exact) mass is 478 g/mol. The topological polar surface area (TPSA) is 77.5 Å². The second kappa shape index (κ2) is 10.5. The van der Waals surface area contributed by atoms with Crippen molar-refractivity contribution in [2.24, 2.45) is 0 Å². The molecule has 1 atom stereocenters. The number of nitrogens with one attached hydrogen (secondary N) is 1. The zero-order chi connectivity index (χ0) is 24.0. The highest BCUT2D eigenvalue weighted by Crippen LogP contribution is 2.35. The van der Waals surface area contributed by atoms with Gasteiger partial charge in [-0.15, -0.1) is 11.3 Å². The van der Waals surface area contributed by atoms with Crippen molar-refractivity contribution in [1.82, 2.24) is 4.98 Å². The molecule has 6 nitrogen and oxygen atoms in total. The molecule has 3 aromatic rings. The molecule has 1 heterocycles. The molecular weight excluding hydrogens is 457 g/mol. The fourth-order valence-electron chi connectivity index (χ4n) is 2.95. The number of halogens is 3. The lowest BCUT2D eigenvalue weighted by molar-refractivity contribution is -0.152. The van der Waals surface area contributed by atoms with Crippen LogP contribution in [-0.4, -0.2) is 29.6 Å². The number of thiazole rings is 1. The van der Waals surface area contributed by atoms with E-state index in [0.29, 0.717) is 23.1 Å². The van der Waals surface area contributed by atoms with Crippen LogP contribution in [0.25, 0.3) is 10.6 Å². The third kappa shape index (κ3) is 6.32. The highest BCUT2D eigenvalue weighted by molar-refractivity contribution is 7.13. The van der Waals surface area contributed by atoms with E-state index in [9.17, 15) is 22.8 Å². The first-order valence-electron chi connectivity index (χ1n) is 10.0. The van der Waals surface area contributed by atoms with Crippen molar-refractivity contribution in [3.63, 3.8) is 0 Å². The van der Waals surface area contributed by atoms with E-state index in [1.807, 2.05) is 31.2 Å². The van der Waals surface area contributed by atoms with E-state index in [-0.39, 0.29) is 6.42 Å². The van der Waals surface area contributed by atoms with Crippen molar-refractivity contribution < 1.29 is 32.2 Å². The summed E-state index contributed by atoms with van der Waals surface area (Å²) in [6, 6.07) is 12.0. The number of ether oxygens (including phenoxy) is 2. The average molecular weight is 478 g/mol. The van der Waals surface area contributed by atoms with Gasteiger partial charge < -0.3 is 14.8 Å². The molecule has 1 aromatic heterocycles. The standard InChI is InChI=1S/C23H21F3N2O4S/c1-3-31-19-11-7-4-8-16(19)22-27-15(13-33-22)12-20(29)32-14(2)21(30)28-18-10-6-5-9-17(18)23(24,25)26/h4-11,13-14H,3,12H2,1-2H3,(H,28,30). The van der Waals surface area contributed by atoms with E-state index in [2.05, 4.69) is 10.3 Å². The third-order valence-corrected chi connectivity index (χ3v) is 5.39. The maximum atomic E-state index is 13.1. The number of aromatic nitrogens is 1. The van der Waals surface area contributed by atoms with Crippen molar-refractivity contribution >= 4 is 28.9 Å². The molecule has 174 valence electrons. The number of carbonyl (C=O) groups excluding carboxylic acids is 2. The normalized spacial score (nSPS) is 12.2. The molecule has 0 aliphatic rings. The highest BCUT2D eigenvalue weighted by Gasteiger charge is 2.34. The number of nitrogens with zero attached hydrogens (tertiary/aromatic N) is 1. The van der Waals surface area contributed by atoms with Crippen LogP contribution in [0.5, 0.6) is 5.75 Å². The molecule has 0 fully saturated rings. The average Bonchev–Trinajstić information content (AvgIpc) is 3.22. The Hall–Kier alpha value is -3.40. The van der Waals surface area contributed by atoms with Crippen LogP contribution >= 0.6 is 11.3 Å². The minimum absolute atomic E-state index is 0.190. The molecule has 1 N–H and O–H groups in total. The van der Waals surface area contributed by atoms with Crippen molar-refractivity contribution in [3.05, 3.63) is 65.2 Å². The fourth-order valence-corrected chi connectivity index (χ4v) is 3.80. The first kappa shape index (κ1) is 24.2. The van der Waals surface area contributed by atoms with Gasteiger partial charge in [-0.05, 0) is 38.1 Å². The van der Waals surface area contributed by atoms with Crippen LogP contribution in [0, 0.1) is 0 Å². The Morgan fingerprint density at radius 1 is 1.12 bits per heavy atom. The van der Waals surface area contributed by atoms with Gasteiger partial charge in [-0.2, -0.15) is 13.2 Å². The van der Waals surface area contributed by atoms with Crippen molar-refractivity contribution in [2.45, 2.75) is 32.5 Å². The number of carbonyl (C=O) groups is 2. The van der Waals surface area contributed by atoms with E-state index in [4.69, 9.17) is 9.47 Å². The minimum Gasteiger partial charge on any atom is -0.493 e. The van der Waals surface area contributed by atoms with Crippen LogP contribution in [0.3, 0.4) is 0 Å². The van der Waals surface area contributed by atoms with Crippen molar-refractivity contribution in [1.29, 1.82) is 0 Å². The van der Waals surface area contributed by atoms with Gasteiger partial charge in [0, 0.05) is 5.38 Å². The summed E-state index contributed by atoms with van der Waals surface area (Å²) in [5, 5.41) is 4.53. The number of alkyl halides is 3.